The number of amidine groups is 1. The number of carbonyl (C=O) groups is 2. The van der Waals surface area contributed by atoms with Gasteiger partial charge in [0, 0.05) is 11.3 Å². The fourth-order valence-electron chi connectivity index (χ4n) is 4.16. The van der Waals surface area contributed by atoms with Crippen molar-refractivity contribution in [2.75, 3.05) is 21.3 Å². The number of esters is 1. The predicted octanol–water partition coefficient (Wildman–Crippen LogP) is 4.14. The summed E-state index contributed by atoms with van der Waals surface area (Å²) in [6, 6.07) is 8.46. The van der Waals surface area contributed by atoms with Crippen LogP contribution >= 0.6 is 11.8 Å². The van der Waals surface area contributed by atoms with Crippen LogP contribution in [0.25, 0.3) is 0 Å². The minimum absolute atomic E-state index is 0.0887. The third-order valence-corrected chi connectivity index (χ3v) is 6.63. The first kappa shape index (κ1) is 24.5. The van der Waals surface area contributed by atoms with Crippen molar-refractivity contribution < 1.29 is 28.2 Å². The van der Waals surface area contributed by atoms with E-state index in [9.17, 15) is 9.59 Å². The number of nitrogens with one attached hydrogen (secondary N) is 1. The Bertz CT molecular complexity index is 1200. The van der Waals surface area contributed by atoms with Gasteiger partial charge in [0.05, 0.1) is 57.9 Å². The van der Waals surface area contributed by atoms with Gasteiger partial charge in [-0.3, -0.25) is 4.79 Å². The highest BCUT2D eigenvalue weighted by Crippen LogP contribution is 2.49. The maximum atomic E-state index is 13.1. The van der Waals surface area contributed by atoms with Crippen LogP contribution in [0.3, 0.4) is 0 Å². The minimum Gasteiger partial charge on any atom is -0.493 e. The molecule has 0 radical (unpaired) electrons. The molecule has 10 heteroatoms. The molecule has 9 nitrogen and oxygen atoms in total. The predicted molar refractivity (Wildman–Crippen MR) is 132 cm³/mol. The van der Waals surface area contributed by atoms with Crippen molar-refractivity contribution in [1.82, 2.24) is 10.2 Å². The molecule has 0 saturated heterocycles. The number of amides is 1. The second kappa shape index (κ2) is 10.7. The van der Waals surface area contributed by atoms with Gasteiger partial charge in [-0.05, 0) is 30.0 Å². The normalized spacial score (nSPS) is 16.9. The Hall–Kier alpha value is -3.66. The average Bonchev–Trinajstić information content (AvgIpc) is 3.55. The zero-order chi connectivity index (χ0) is 24.9. The molecule has 1 aromatic heterocycles. The lowest BCUT2D eigenvalue weighted by Crippen LogP contribution is -2.38. The number of hydrogen-bond donors (Lipinski definition) is 1. The maximum Gasteiger partial charge on any atom is 0.338 e. The van der Waals surface area contributed by atoms with Gasteiger partial charge in [0.15, 0.2) is 16.7 Å². The molecule has 35 heavy (non-hydrogen) atoms. The summed E-state index contributed by atoms with van der Waals surface area (Å²) in [6.45, 7) is 2.22. The van der Waals surface area contributed by atoms with E-state index in [1.54, 1.807) is 38.7 Å². The molecule has 0 fully saturated rings. The molecule has 0 unspecified atom stereocenters. The van der Waals surface area contributed by atoms with Gasteiger partial charge >= 0.3 is 5.97 Å². The Labute approximate surface area is 207 Å². The van der Waals surface area contributed by atoms with E-state index in [1.807, 2.05) is 29.4 Å². The Morgan fingerprint density at radius 1 is 1.17 bits per heavy atom. The van der Waals surface area contributed by atoms with Gasteiger partial charge < -0.3 is 28.8 Å². The van der Waals surface area contributed by atoms with Crippen LogP contribution in [0.1, 0.15) is 37.1 Å². The van der Waals surface area contributed by atoms with Crippen LogP contribution < -0.4 is 14.8 Å². The number of para-hydroxylation sites is 1. The van der Waals surface area contributed by atoms with Crippen molar-refractivity contribution in [3.63, 3.8) is 0 Å². The monoisotopic (exact) mass is 497 g/mol. The number of aliphatic imine (C=N–C) groups is 1. The second-order valence-electron chi connectivity index (χ2n) is 7.72. The lowest BCUT2D eigenvalue weighted by atomic mass is 9.92. The molecule has 184 valence electrons. The van der Waals surface area contributed by atoms with Gasteiger partial charge in [-0.2, -0.15) is 0 Å². The smallest absolute Gasteiger partial charge is 0.338 e. The van der Waals surface area contributed by atoms with Gasteiger partial charge in [-0.25, -0.2) is 9.79 Å². The van der Waals surface area contributed by atoms with Gasteiger partial charge in [0.25, 0.3) is 0 Å². The van der Waals surface area contributed by atoms with Gasteiger partial charge in [-0.1, -0.05) is 30.8 Å². The summed E-state index contributed by atoms with van der Waals surface area (Å²) < 4.78 is 21.7. The zero-order valence-corrected chi connectivity index (χ0v) is 20.8. The van der Waals surface area contributed by atoms with Crippen LogP contribution in [-0.2, 0) is 20.9 Å². The van der Waals surface area contributed by atoms with Crippen LogP contribution in [-0.4, -0.2) is 43.3 Å². The topological polar surface area (TPSA) is 103 Å². The number of furan rings is 1. The van der Waals surface area contributed by atoms with Gasteiger partial charge in [0.2, 0.25) is 5.91 Å². The lowest BCUT2D eigenvalue weighted by Gasteiger charge is -2.37. The fraction of sp³-hybridized carbons (Fsp3) is 0.320. The first-order chi connectivity index (χ1) is 17.0. The van der Waals surface area contributed by atoms with E-state index in [0.29, 0.717) is 51.4 Å². The molecule has 1 amide bonds. The molecular formula is C25H27N3O6S. The molecule has 2 aromatic rings. The Kier molecular flexibility index (Phi) is 7.50. The van der Waals surface area contributed by atoms with Crippen LogP contribution in [0.15, 0.2) is 68.4 Å². The molecule has 2 aliphatic heterocycles. The van der Waals surface area contributed by atoms with E-state index >= 15 is 0 Å². The number of methoxy groups -OCH3 is 3. The standard InChI is InChI=1S/C25H27N3O6S/c1-5-18-21(24(30)33-4)22(17-9-6-10-19(31-2)23(17)32-3)28-15(14-35-25(28)27-18)12-20(29)26-13-16-8-7-11-34-16/h6-11,14,22H,5,12-13H2,1-4H3,(H,26,29)/t22-/m0/s1. The van der Waals surface area contributed by atoms with E-state index < -0.39 is 12.0 Å². The highest BCUT2D eigenvalue weighted by molar-refractivity contribution is 8.16. The highest BCUT2D eigenvalue weighted by atomic mass is 32.2. The molecule has 4 rings (SSSR count). The molecular weight excluding hydrogens is 470 g/mol. The number of rotatable bonds is 9. The first-order valence-electron chi connectivity index (χ1n) is 11.1. The zero-order valence-electron chi connectivity index (χ0n) is 20.0. The molecule has 3 heterocycles. The van der Waals surface area contributed by atoms with Crippen LogP contribution in [0.4, 0.5) is 0 Å². The summed E-state index contributed by atoms with van der Waals surface area (Å²) >= 11 is 1.41. The molecule has 1 N–H and O–H groups in total. The highest BCUT2D eigenvalue weighted by Gasteiger charge is 2.43. The van der Waals surface area contributed by atoms with Crippen molar-refractivity contribution in [1.29, 1.82) is 0 Å². The molecule has 1 atom stereocenters. The number of nitrogens with zero attached hydrogens (tertiary/aromatic N) is 2. The Balaban J connectivity index is 1.73. The number of carbonyl (C=O) groups excluding carboxylic acids is 2. The van der Waals surface area contributed by atoms with Crippen molar-refractivity contribution in [2.45, 2.75) is 32.4 Å². The number of benzene rings is 1. The third-order valence-electron chi connectivity index (χ3n) is 5.74. The molecule has 0 saturated carbocycles. The summed E-state index contributed by atoms with van der Waals surface area (Å²) in [5.74, 6) is 1.02. The summed E-state index contributed by atoms with van der Waals surface area (Å²) in [6.07, 6.45) is 2.18. The second-order valence-corrected chi connectivity index (χ2v) is 8.55. The number of allylic oxidation sites excluding steroid dienone is 1. The summed E-state index contributed by atoms with van der Waals surface area (Å²) in [5, 5.41) is 5.44. The fourth-order valence-corrected chi connectivity index (χ4v) is 5.10. The molecule has 0 bridgehead atoms. The van der Waals surface area contributed by atoms with Crippen LogP contribution in [0.5, 0.6) is 11.5 Å². The van der Waals surface area contributed by atoms with Crippen LogP contribution in [0, 0.1) is 0 Å². The minimum atomic E-state index is -0.617. The third kappa shape index (κ3) is 4.79. The van der Waals surface area contributed by atoms with Gasteiger partial charge in [-0.15, -0.1) is 0 Å². The molecule has 0 spiro atoms. The molecule has 2 aliphatic rings. The van der Waals surface area contributed by atoms with E-state index in [0.717, 1.165) is 0 Å². The maximum absolute atomic E-state index is 13.1. The van der Waals surface area contributed by atoms with Crippen molar-refractivity contribution in [3.8, 4) is 11.5 Å². The SMILES string of the molecule is CCC1=C(C(=O)OC)[C@H](c2cccc(OC)c2OC)N2C(CC(=O)NCc3ccco3)=CSC2=N1. The Morgan fingerprint density at radius 2 is 2.00 bits per heavy atom. The van der Waals surface area contributed by atoms with Gasteiger partial charge in [0.1, 0.15) is 5.76 Å². The average molecular weight is 498 g/mol. The lowest BCUT2D eigenvalue weighted by molar-refractivity contribution is -0.136. The van der Waals surface area contributed by atoms with E-state index in [4.69, 9.17) is 23.6 Å². The van der Waals surface area contributed by atoms with E-state index in [2.05, 4.69) is 5.32 Å². The Morgan fingerprint density at radius 3 is 2.66 bits per heavy atom. The first-order valence-corrected chi connectivity index (χ1v) is 11.9. The number of thioether (sulfide) groups is 1. The summed E-state index contributed by atoms with van der Waals surface area (Å²) in [5.41, 5.74) is 2.43. The van der Waals surface area contributed by atoms with Crippen molar-refractivity contribution >= 4 is 28.8 Å². The summed E-state index contributed by atoms with van der Waals surface area (Å²) in [7, 11) is 4.46. The number of hydrogen-bond acceptors (Lipinski definition) is 9. The quantitative estimate of drug-likeness (QED) is 0.516. The largest absolute Gasteiger partial charge is 0.493 e. The number of fused-ring (bicyclic) bond motifs is 1. The number of ether oxygens (including phenoxy) is 3. The van der Waals surface area contributed by atoms with Crippen LogP contribution in [0.2, 0.25) is 0 Å². The molecule has 1 aromatic carbocycles. The molecule has 0 aliphatic carbocycles. The van der Waals surface area contributed by atoms with E-state index in [1.165, 1.54) is 18.9 Å². The van der Waals surface area contributed by atoms with E-state index in [-0.39, 0.29) is 18.9 Å². The van der Waals surface area contributed by atoms with Crippen molar-refractivity contribution in [3.05, 3.63) is 70.3 Å². The van der Waals surface area contributed by atoms with Crippen molar-refractivity contribution in [2.24, 2.45) is 4.99 Å². The summed E-state index contributed by atoms with van der Waals surface area (Å²) in [4.78, 5) is 32.5.